The Morgan fingerprint density at radius 1 is 1.44 bits per heavy atom. The summed E-state index contributed by atoms with van der Waals surface area (Å²) in [4.78, 5) is 20.7. The zero-order valence-corrected chi connectivity index (χ0v) is 8.89. The highest BCUT2D eigenvalue weighted by atomic mass is 16.4. The summed E-state index contributed by atoms with van der Waals surface area (Å²) < 4.78 is 0. The molecule has 0 radical (unpaired) electrons. The van der Waals surface area contributed by atoms with Crippen molar-refractivity contribution in [3.8, 4) is 0 Å². The SMILES string of the molecule is O=C(O)CNc1cc(N2CCCC2)ncn1. The van der Waals surface area contributed by atoms with Crippen LogP contribution in [0.1, 0.15) is 12.8 Å². The van der Waals surface area contributed by atoms with Crippen molar-refractivity contribution in [1.82, 2.24) is 9.97 Å². The van der Waals surface area contributed by atoms with Crippen LogP contribution < -0.4 is 10.2 Å². The first-order valence-electron chi connectivity index (χ1n) is 5.28. The molecule has 0 aliphatic carbocycles. The van der Waals surface area contributed by atoms with Crippen LogP contribution >= 0.6 is 0 Å². The van der Waals surface area contributed by atoms with Gasteiger partial charge in [-0.3, -0.25) is 4.79 Å². The number of carboxylic acid groups (broad SMARTS) is 1. The fourth-order valence-electron chi connectivity index (χ4n) is 1.73. The van der Waals surface area contributed by atoms with E-state index in [9.17, 15) is 4.79 Å². The minimum Gasteiger partial charge on any atom is -0.480 e. The zero-order chi connectivity index (χ0) is 11.4. The number of rotatable bonds is 4. The topological polar surface area (TPSA) is 78.4 Å². The van der Waals surface area contributed by atoms with Gasteiger partial charge >= 0.3 is 5.97 Å². The first-order chi connectivity index (χ1) is 7.75. The van der Waals surface area contributed by atoms with Gasteiger partial charge in [0, 0.05) is 19.2 Å². The number of anilines is 2. The summed E-state index contributed by atoms with van der Waals surface area (Å²) in [5, 5.41) is 11.3. The zero-order valence-electron chi connectivity index (χ0n) is 8.89. The van der Waals surface area contributed by atoms with Crippen LogP contribution in [-0.4, -0.2) is 40.7 Å². The summed E-state index contributed by atoms with van der Waals surface area (Å²) in [5.41, 5.74) is 0. The third-order valence-electron chi connectivity index (χ3n) is 2.50. The second kappa shape index (κ2) is 4.78. The van der Waals surface area contributed by atoms with Crippen LogP contribution in [0.15, 0.2) is 12.4 Å². The van der Waals surface area contributed by atoms with Gasteiger partial charge in [0.2, 0.25) is 0 Å². The van der Waals surface area contributed by atoms with Crippen molar-refractivity contribution in [1.29, 1.82) is 0 Å². The van der Waals surface area contributed by atoms with Crippen LogP contribution in [0.5, 0.6) is 0 Å². The average molecular weight is 222 g/mol. The number of nitrogens with zero attached hydrogens (tertiary/aromatic N) is 3. The molecule has 0 amide bonds. The fourth-order valence-corrected chi connectivity index (χ4v) is 1.73. The molecule has 6 heteroatoms. The van der Waals surface area contributed by atoms with Gasteiger partial charge in [0.25, 0.3) is 0 Å². The molecule has 0 atom stereocenters. The monoisotopic (exact) mass is 222 g/mol. The summed E-state index contributed by atoms with van der Waals surface area (Å²) in [7, 11) is 0. The lowest BCUT2D eigenvalue weighted by molar-refractivity contribution is -0.134. The molecule has 16 heavy (non-hydrogen) atoms. The van der Waals surface area contributed by atoms with Crippen LogP contribution in [0.4, 0.5) is 11.6 Å². The lowest BCUT2D eigenvalue weighted by atomic mass is 10.4. The Morgan fingerprint density at radius 2 is 2.19 bits per heavy atom. The van der Waals surface area contributed by atoms with E-state index in [2.05, 4.69) is 20.2 Å². The van der Waals surface area contributed by atoms with Gasteiger partial charge in [-0.2, -0.15) is 0 Å². The average Bonchev–Trinajstić information content (AvgIpc) is 2.80. The maximum Gasteiger partial charge on any atom is 0.322 e. The quantitative estimate of drug-likeness (QED) is 0.775. The molecule has 2 rings (SSSR count). The van der Waals surface area contributed by atoms with Crippen LogP contribution in [0.2, 0.25) is 0 Å². The van der Waals surface area contributed by atoms with Gasteiger partial charge in [0.1, 0.15) is 24.5 Å². The summed E-state index contributed by atoms with van der Waals surface area (Å²) in [6.45, 7) is 1.89. The normalized spacial score (nSPS) is 15.1. The van der Waals surface area contributed by atoms with Gasteiger partial charge in [-0.25, -0.2) is 9.97 Å². The molecule has 0 spiro atoms. The molecular weight excluding hydrogens is 208 g/mol. The summed E-state index contributed by atoms with van der Waals surface area (Å²) in [6.07, 6.45) is 3.82. The standard InChI is InChI=1S/C10H14N4O2/c15-10(16)6-11-8-5-9(13-7-12-8)14-3-1-2-4-14/h5,7H,1-4,6H2,(H,15,16)(H,11,12,13). The number of hydrogen-bond donors (Lipinski definition) is 2. The molecule has 1 aliphatic rings. The molecule has 86 valence electrons. The van der Waals surface area contributed by atoms with Crippen molar-refractivity contribution in [2.75, 3.05) is 29.9 Å². The molecule has 1 saturated heterocycles. The smallest absolute Gasteiger partial charge is 0.322 e. The van der Waals surface area contributed by atoms with E-state index in [4.69, 9.17) is 5.11 Å². The molecule has 0 aromatic carbocycles. The first kappa shape index (κ1) is 10.7. The maximum atomic E-state index is 10.4. The number of hydrogen-bond acceptors (Lipinski definition) is 5. The molecule has 1 aliphatic heterocycles. The Bertz CT molecular complexity index is 377. The van der Waals surface area contributed by atoms with Crippen molar-refractivity contribution >= 4 is 17.6 Å². The molecule has 0 saturated carbocycles. The summed E-state index contributed by atoms with van der Waals surface area (Å²) >= 11 is 0. The molecule has 2 N–H and O–H groups in total. The Hall–Kier alpha value is -1.85. The minimum atomic E-state index is -0.902. The third kappa shape index (κ3) is 2.59. The molecule has 6 nitrogen and oxygen atoms in total. The third-order valence-corrected chi connectivity index (χ3v) is 2.50. The highest BCUT2D eigenvalue weighted by Gasteiger charge is 2.13. The van der Waals surface area contributed by atoms with Crippen molar-refractivity contribution in [3.05, 3.63) is 12.4 Å². The van der Waals surface area contributed by atoms with E-state index >= 15 is 0 Å². The highest BCUT2D eigenvalue weighted by Crippen LogP contribution is 2.18. The molecule has 0 bridgehead atoms. The van der Waals surface area contributed by atoms with E-state index in [0.29, 0.717) is 5.82 Å². The van der Waals surface area contributed by atoms with Crippen molar-refractivity contribution in [3.63, 3.8) is 0 Å². The Balaban J connectivity index is 2.03. The number of carbonyl (C=O) groups is 1. The predicted octanol–water partition coefficient (Wildman–Crippen LogP) is 0.573. The van der Waals surface area contributed by atoms with Crippen LogP contribution in [-0.2, 0) is 4.79 Å². The Kier molecular flexibility index (Phi) is 3.19. The second-order valence-corrected chi connectivity index (χ2v) is 3.70. The van der Waals surface area contributed by atoms with Crippen LogP contribution in [0, 0.1) is 0 Å². The van der Waals surface area contributed by atoms with Gasteiger partial charge in [-0.15, -0.1) is 0 Å². The van der Waals surface area contributed by atoms with Crippen LogP contribution in [0.25, 0.3) is 0 Å². The second-order valence-electron chi connectivity index (χ2n) is 3.70. The molecule has 1 fully saturated rings. The van der Waals surface area contributed by atoms with Gasteiger partial charge < -0.3 is 15.3 Å². The van der Waals surface area contributed by atoms with E-state index in [1.54, 1.807) is 6.07 Å². The van der Waals surface area contributed by atoms with Crippen molar-refractivity contribution < 1.29 is 9.90 Å². The lowest BCUT2D eigenvalue weighted by Gasteiger charge is -2.16. The van der Waals surface area contributed by atoms with Gasteiger partial charge in [-0.1, -0.05) is 0 Å². The summed E-state index contributed by atoms with van der Waals surface area (Å²) in [5.74, 6) is 0.515. The Labute approximate surface area is 93.3 Å². The maximum absolute atomic E-state index is 10.4. The number of nitrogens with one attached hydrogen (secondary N) is 1. The van der Waals surface area contributed by atoms with E-state index in [1.807, 2.05) is 0 Å². The van der Waals surface area contributed by atoms with Gasteiger partial charge in [0.05, 0.1) is 0 Å². The molecule has 1 aromatic rings. The fraction of sp³-hybridized carbons (Fsp3) is 0.500. The van der Waals surface area contributed by atoms with Crippen molar-refractivity contribution in [2.45, 2.75) is 12.8 Å². The highest BCUT2D eigenvalue weighted by molar-refractivity contribution is 5.72. The van der Waals surface area contributed by atoms with Crippen LogP contribution in [0.3, 0.4) is 0 Å². The largest absolute Gasteiger partial charge is 0.480 e. The predicted molar refractivity (Wildman–Crippen MR) is 59.6 cm³/mol. The molecule has 2 heterocycles. The van der Waals surface area contributed by atoms with E-state index < -0.39 is 5.97 Å². The molecular formula is C10H14N4O2. The van der Waals surface area contributed by atoms with E-state index in [0.717, 1.165) is 18.9 Å². The van der Waals surface area contributed by atoms with E-state index in [-0.39, 0.29) is 6.54 Å². The lowest BCUT2D eigenvalue weighted by Crippen LogP contribution is -2.20. The number of carboxylic acids is 1. The molecule has 0 unspecified atom stereocenters. The first-order valence-corrected chi connectivity index (χ1v) is 5.28. The summed E-state index contributed by atoms with van der Waals surface area (Å²) in [6, 6.07) is 1.79. The van der Waals surface area contributed by atoms with Crippen molar-refractivity contribution in [2.24, 2.45) is 0 Å². The number of aliphatic carboxylic acids is 1. The van der Waals surface area contributed by atoms with Gasteiger partial charge in [0.15, 0.2) is 0 Å². The van der Waals surface area contributed by atoms with E-state index in [1.165, 1.54) is 19.2 Å². The van der Waals surface area contributed by atoms with Gasteiger partial charge in [-0.05, 0) is 12.8 Å². The molecule has 1 aromatic heterocycles. The minimum absolute atomic E-state index is 0.129. The Morgan fingerprint density at radius 3 is 2.88 bits per heavy atom. The number of aromatic nitrogens is 2.